The van der Waals surface area contributed by atoms with Crippen molar-refractivity contribution in [3.05, 3.63) is 52.6 Å². The molecule has 0 amide bonds. The summed E-state index contributed by atoms with van der Waals surface area (Å²) in [6.45, 7) is 0. The van der Waals surface area contributed by atoms with Gasteiger partial charge in [-0.2, -0.15) is 0 Å². The fraction of sp³-hybridized carbons (Fsp3) is 0.125. The van der Waals surface area contributed by atoms with Gasteiger partial charge in [0.1, 0.15) is 5.75 Å². The molecule has 0 fully saturated rings. The average Bonchev–Trinajstić information content (AvgIpc) is 3.08. The number of aromatic nitrogens is 2. The molecule has 0 aliphatic carbocycles. The quantitative estimate of drug-likeness (QED) is 0.433. The zero-order chi connectivity index (χ0) is 20.3. The van der Waals surface area contributed by atoms with Crippen LogP contribution in [0.2, 0.25) is 0 Å². The van der Waals surface area contributed by atoms with E-state index < -0.39 is 14.8 Å². The van der Waals surface area contributed by atoms with Crippen LogP contribution in [0.4, 0.5) is 16.5 Å². The summed E-state index contributed by atoms with van der Waals surface area (Å²) in [5.41, 5.74) is 0.459. The summed E-state index contributed by atoms with van der Waals surface area (Å²) in [5, 5.41) is 23.0. The molecule has 0 saturated heterocycles. The number of ether oxygens (including phenoxy) is 1. The number of nitro groups is 1. The second-order valence-corrected chi connectivity index (χ2v) is 9.77. The first kappa shape index (κ1) is 20.0. The van der Waals surface area contributed by atoms with Gasteiger partial charge in [-0.3, -0.25) is 10.1 Å². The van der Waals surface area contributed by atoms with E-state index in [1.54, 1.807) is 13.2 Å². The molecule has 0 spiro atoms. The van der Waals surface area contributed by atoms with E-state index in [0.29, 0.717) is 15.2 Å². The van der Waals surface area contributed by atoms with Crippen LogP contribution in [0.3, 0.4) is 0 Å². The van der Waals surface area contributed by atoms with Crippen molar-refractivity contribution in [1.82, 2.24) is 10.2 Å². The van der Waals surface area contributed by atoms with E-state index in [-0.39, 0.29) is 15.5 Å². The molecule has 3 rings (SSSR count). The number of nitrogens with zero attached hydrogens (tertiary/aromatic N) is 3. The van der Waals surface area contributed by atoms with Gasteiger partial charge in [0.15, 0.2) is 14.2 Å². The lowest BCUT2D eigenvalue weighted by molar-refractivity contribution is -0.388. The van der Waals surface area contributed by atoms with Crippen molar-refractivity contribution in [3.63, 3.8) is 0 Å². The smallest absolute Gasteiger partial charge is 0.284 e. The third-order valence-electron chi connectivity index (χ3n) is 3.48. The van der Waals surface area contributed by atoms with Crippen molar-refractivity contribution >= 4 is 49.4 Å². The minimum Gasteiger partial charge on any atom is -0.497 e. The molecule has 3 aromatic rings. The minimum atomic E-state index is -3.54. The van der Waals surface area contributed by atoms with E-state index in [9.17, 15) is 18.5 Å². The largest absolute Gasteiger partial charge is 0.497 e. The molecule has 28 heavy (non-hydrogen) atoms. The van der Waals surface area contributed by atoms with Crippen molar-refractivity contribution in [2.24, 2.45) is 0 Å². The molecule has 0 aliphatic rings. The summed E-state index contributed by atoms with van der Waals surface area (Å²) in [6.07, 6.45) is 1.00. The van der Waals surface area contributed by atoms with Gasteiger partial charge in [-0.05, 0) is 36.0 Å². The highest BCUT2D eigenvalue weighted by molar-refractivity contribution is 8.01. The number of hydrogen-bond donors (Lipinski definition) is 1. The summed E-state index contributed by atoms with van der Waals surface area (Å²) in [7, 11) is -1.97. The minimum absolute atomic E-state index is 0.110. The van der Waals surface area contributed by atoms with Crippen molar-refractivity contribution in [2.75, 3.05) is 18.7 Å². The average molecular weight is 439 g/mol. The highest BCUT2D eigenvalue weighted by Crippen LogP contribution is 2.38. The van der Waals surface area contributed by atoms with Crippen LogP contribution in [0, 0.1) is 10.1 Å². The van der Waals surface area contributed by atoms with Gasteiger partial charge in [0.05, 0.1) is 21.8 Å². The highest BCUT2D eigenvalue weighted by atomic mass is 32.2. The molecular formula is C16H14N4O5S3. The topological polar surface area (TPSA) is 124 Å². The number of rotatable bonds is 7. The van der Waals surface area contributed by atoms with Gasteiger partial charge in [0, 0.05) is 24.1 Å². The number of nitro benzene ring substituents is 1. The second kappa shape index (κ2) is 8.12. The van der Waals surface area contributed by atoms with Crippen LogP contribution >= 0.6 is 23.1 Å². The number of hydrogen-bond acceptors (Lipinski definition) is 10. The van der Waals surface area contributed by atoms with Gasteiger partial charge in [0.2, 0.25) is 5.13 Å². The maximum absolute atomic E-state index is 11.6. The number of benzene rings is 2. The maximum atomic E-state index is 11.6. The summed E-state index contributed by atoms with van der Waals surface area (Å²) < 4.78 is 28.9. The van der Waals surface area contributed by atoms with Crippen molar-refractivity contribution in [2.45, 2.75) is 14.1 Å². The Morgan fingerprint density at radius 3 is 2.68 bits per heavy atom. The third kappa shape index (κ3) is 4.77. The molecular weight excluding hydrogens is 424 g/mol. The fourth-order valence-corrected chi connectivity index (χ4v) is 4.63. The first-order chi connectivity index (χ1) is 13.3. The van der Waals surface area contributed by atoms with E-state index in [2.05, 4.69) is 15.5 Å². The Hall–Kier alpha value is -2.70. The van der Waals surface area contributed by atoms with Crippen molar-refractivity contribution < 1.29 is 18.1 Å². The molecule has 2 aromatic carbocycles. The predicted molar refractivity (Wildman–Crippen MR) is 107 cm³/mol. The van der Waals surface area contributed by atoms with E-state index >= 15 is 0 Å². The van der Waals surface area contributed by atoms with Gasteiger partial charge >= 0.3 is 0 Å². The molecule has 0 radical (unpaired) electrons. The highest BCUT2D eigenvalue weighted by Gasteiger charge is 2.20. The molecule has 0 atom stereocenters. The number of methoxy groups -OCH3 is 1. The first-order valence-electron chi connectivity index (χ1n) is 7.67. The van der Waals surface area contributed by atoms with Gasteiger partial charge in [-0.15, -0.1) is 10.2 Å². The fourth-order valence-electron chi connectivity index (χ4n) is 2.18. The molecule has 1 heterocycles. The molecule has 146 valence electrons. The lowest BCUT2D eigenvalue weighted by atomic mass is 10.3. The Morgan fingerprint density at radius 2 is 2.00 bits per heavy atom. The zero-order valence-electron chi connectivity index (χ0n) is 14.6. The summed E-state index contributed by atoms with van der Waals surface area (Å²) >= 11 is 2.26. The maximum Gasteiger partial charge on any atom is 0.284 e. The SMILES string of the molecule is COc1cccc(Nc2nnc(Sc3ccc(S(C)(=O)=O)cc3[N+](=O)[O-])s2)c1. The van der Waals surface area contributed by atoms with Gasteiger partial charge in [-0.25, -0.2) is 8.42 Å². The summed E-state index contributed by atoms with van der Waals surface area (Å²) in [4.78, 5) is 10.9. The predicted octanol–water partition coefficient (Wildman–Crippen LogP) is 3.75. The summed E-state index contributed by atoms with van der Waals surface area (Å²) in [6, 6.07) is 11.1. The molecule has 1 N–H and O–H groups in total. The number of anilines is 2. The molecule has 0 saturated carbocycles. The lowest BCUT2D eigenvalue weighted by Crippen LogP contribution is -1.99. The molecule has 0 bridgehead atoms. The Balaban J connectivity index is 1.82. The van der Waals surface area contributed by atoms with Gasteiger partial charge in [-0.1, -0.05) is 17.4 Å². The van der Waals surface area contributed by atoms with Crippen LogP contribution < -0.4 is 10.1 Å². The standard InChI is InChI=1S/C16H14N4O5S3/c1-25-11-5-3-4-10(8-11)17-15-18-19-16(27-15)26-14-7-6-12(28(2,23)24)9-13(14)20(21)22/h3-9H,1-2H3,(H,17,18). The van der Waals surface area contributed by atoms with E-state index in [1.165, 1.54) is 23.5 Å². The van der Waals surface area contributed by atoms with Crippen LogP contribution in [-0.4, -0.2) is 36.9 Å². The van der Waals surface area contributed by atoms with E-state index in [4.69, 9.17) is 4.74 Å². The Kier molecular flexibility index (Phi) is 5.82. The van der Waals surface area contributed by atoms with Crippen LogP contribution in [-0.2, 0) is 9.84 Å². The monoisotopic (exact) mass is 438 g/mol. The van der Waals surface area contributed by atoms with Crippen LogP contribution in [0.15, 0.2) is 56.6 Å². The molecule has 0 unspecified atom stereocenters. The molecule has 12 heteroatoms. The van der Waals surface area contributed by atoms with Crippen molar-refractivity contribution in [1.29, 1.82) is 0 Å². The van der Waals surface area contributed by atoms with Gasteiger partial charge in [0.25, 0.3) is 5.69 Å². The van der Waals surface area contributed by atoms with E-state index in [0.717, 1.165) is 29.8 Å². The number of sulfone groups is 1. The van der Waals surface area contributed by atoms with Crippen LogP contribution in [0.1, 0.15) is 0 Å². The second-order valence-electron chi connectivity index (χ2n) is 5.49. The van der Waals surface area contributed by atoms with Crippen molar-refractivity contribution in [3.8, 4) is 5.75 Å². The Labute approximate surface area is 168 Å². The lowest BCUT2D eigenvalue weighted by Gasteiger charge is -2.04. The van der Waals surface area contributed by atoms with E-state index in [1.807, 2.05) is 18.2 Å². The molecule has 9 nitrogen and oxygen atoms in total. The normalized spacial score (nSPS) is 11.2. The van der Waals surface area contributed by atoms with Crippen LogP contribution in [0.5, 0.6) is 5.75 Å². The molecule has 0 aliphatic heterocycles. The Bertz CT molecular complexity index is 1130. The van der Waals surface area contributed by atoms with Gasteiger partial charge < -0.3 is 10.1 Å². The first-order valence-corrected chi connectivity index (χ1v) is 11.2. The number of nitrogens with one attached hydrogen (secondary N) is 1. The summed E-state index contributed by atoms with van der Waals surface area (Å²) in [5.74, 6) is 0.686. The van der Waals surface area contributed by atoms with Crippen LogP contribution in [0.25, 0.3) is 0 Å². The zero-order valence-corrected chi connectivity index (χ0v) is 17.1. The third-order valence-corrected chi connectivity index (χ3v) is 6.54. The Morgan fingerprint density at radius 1 is 1.21 bits per heavy atom. The molecule has 1 aromatic heterocycles.